The fourth-order valence-corrected chi connectivity index (χ4v) is 2.82. The number of rotatable bonds is 3. The third kappa shape index (κ3) is 3.73. The second-order valence-electron chi connectivity index (χ2n) is 7.67. The second-order valence-corrected chi connectivity index (χ2v) is 7.67. The summed E-state index contributed by atoms with van der Waals surface area (Å²) in [4.78, 5) is 25.0. The minimum Gasteiger partial charge on any atom is -0.462 e. The van der Waals surface area contributed by atoms with Crippen LogP contribution >= 0.6 is 0 Å². The van der Waals surface area contributed by atoms with Gasteiger partial charge in [0.05, 0.1) is 23.1 Å². The molecule has 1 aromatic heterocycles. The van der Waals surface area contributed by atoms with Gasteiger partial charge in [0.2, 0.25) is 5.43 Å². The number of aromatic nitrogens is 1. The molecule has 0 radical (unpaired) electrons. The van der Waals surface area contributed by atoms with Gasteiger partial charge in [-0.2, -0.15) is 0 Å². The van der Waals surface area contributed by atoms with Gasteiger partial charge in [0.25, 0.3) is 0 Å². The number of hydrogen-bond acceptors (Lipinski definition) is 3. The van der Waals surface area contributed by atoms with Crippen LogP contribution in [0.4, 0.5) is 8.78 Å². The van der Waals surface area contributed by atoms with Crippen molar-refractivity contribution in [3.63, 3.8) is 0 Å². The van der Waals surface area contributed by atoms with Crippen LogP contribution in [0, 0.1) is 28.9 Å². The number of benzene rings is 1. The van der Waals surface area contributed by atoms with Crippen molar-refractivity contribution in [1.29, 1.82) is 0 Å². The van der Waals surface area contributed by atoms with E-state index >= 15 is 0 Å². The van der Waals surface area contributed by atoms with E-state index in [9.17, 15) is 18.4 Å². The highest BCUT2D eigenvalue weighted by molar-refractivity contribution is 5.95. The first-order chi connectivity index (χ1) is 12.6. The highest BCUT2D eigenvalue weighted by atomic mass is 19.2. The van der Waals surface area contributed by atoms with Crippen LogP contribution in [0.15, 0.2) is 17.1 Å². The average molecular weight is 373 g/mol. The summed E-state index contributed by atoms with van der Waals surface area (Å²) < 4.78 is 35.4. The molecule has 0 unspecified atom stereocenters. The predicted molar refractivity (Wildman–Crippen MR) is 98.7 cm³/mol. The highest BCUT2D eigenvalue weighted by Crippen LogP contribution is 2.38. The first kappa shape index (κ1) is 19.1. The van der Waals surface area contributed by atoms with Crippen molar-refractivity contribution in [3.05, 3.63) is 45.2 Å². The lowest BCUT2D eigenvalue weighted by Crippen LogP contribution is -2.22. The highest BCUT2D eigenvalue weighted by Gasteiger charge is 2.29. The van der Waals surface area contributed by atoms with E-state index in [4.69, 9.17) is 4.74 Å². The van der Waals surface area contributed by atoms with Gasteiger partial charge in [0.1, 0.15) is 5.56 Å². The lowest BCUT2D eigenvalue weighted by molar-refractivity contribution is 0.0524. The molecule has 1 heterocycles. The number of pyridine rings is 1. The predicted octanol–water partition coefficient (Wildman–Crippen LogP) is 4.19. The molecule has 0 N–H and O–H groups in total. The average Bonchev–Trinajstić information content (AvgIpc) is 3.40. The summed E-state index contributed by atoms with van der Waals surface area (Å²) >= 11 is 0. The number of esters is 1. The second kappa shape index (κ2) is 6.80. The van der Waals surface area contributed by atoms with Crippen molar-refractivity contribution in [2.75, 3.05) is 6.61 Å². The number of fused-ring (bicyclic) bond motifs is 1. The van der Waals surface area contributed by atoms with Crippen LogP contribution in [0.2, 0.25) is 0 Å². The molecule has 1 aromatic carbocycles. The molecule has 4 nitrogen and oxygen atoms in total. The van der Waals surface area contributed by atoms with E-state index in [-0.39, 0.29) is 34.7 Å². The van der Waals surface area contributed by atoms with Crippen molar-refractivity contribution >= 4 is 16.9 Å². The summed E-state index contributed by atoms with van der Waals surface area (Å²) in [5.41, 5.74) is -1.22. The molecule has 1 fully saturated rings. The third-order valence-electron chi connectivity index (χ3n) is 4.21. The Kier molecular flexibility index (Phi) is 4.81. The van der Waals surface area contributed by atoms with Crippen molar-refractivity contribution in [2.45, 2.75) is 46.6 Å². The molecule has 0 saturated heterocycles. The molecule has 6 heteroatoms. The molecule has 0 spiro atoms. The minimum absolute atomic E-state index is 0.0151. The summed E-state index contributed by atoms with van der Waals surface area (Å²) in [5, 5.41) is -0.0652. The van der Waals surface area contributed by atoms with Gasteiger partial charge in [-0.1, -0.05) is 11.8 Å². The SMILES string of the molecule is CCOC(=O)c1cn(C2CC2)c2c(C#CC(C)(C)C)c(F)c(F)cc2c1=O. The summed E-state index contributed by atoms with van der Waals surface area (Å²) in [5.74, 6) is 2.59. The van der Waals surface area contributed by atoms with Gasteiger partial charge in [-0.15, -0.1) is 0 Å². The first-order valence-corrected chi connectivity index (χ1v) is 8.91. The van der Waals surface area contributed by atoms with E-state index in [1.54, 1.807) is 11.5 Å². The standard InChI is InChI=1S/C21H21F2NO3/c1-5-27-20(26)15-11-24(12-6-7-12)18-13(8-9-21(2,3)4)17(23)16(22)10-14(18)19(15)25/h10-12H,5-7H2,1-4H3. The number of carbonyl (C=O) groups is 1. The van der Waals surface area contributed by atoms with Gasteiger partial charge in [-0.3, -0.25) is 4.79 Å². The van der Waals surface area contributed by atoms with Gasteiger partial charge >= 0.3 is 5.97 Å². The Labute approximate surface area is 156 Å². The maximum Gasteiger partial charge on any atom is 0.343 e. The molecule has 3 rings (SSSR count). The minimum atomic E-state index is -1.17. The Morgan fingerprint density at radius 1 is 1.33 bits per heavy atom. The number of hydrogen-bond donors (Lipinski definition) is 0. The molecule has 0 aliphatic heterocycles. The number of nitrogens with zero attached hydrogens (tertiary/aromatic N) is 1. The zero-order chi connectivity index (χ0) is 19.9. The lowest BCUT2D eigenvalue weighted by atomic mass is 9.96. The summed E-state index contributed by atoms with van der Waals surface area (Å²) in [6.45, 7) is 7.30. The topological polar surface area (TPSA) is 48.3 Å². The summed E-state index contributed by atoms with van der Waals surface area (Å²) in [6, 6.07) is 0.859. The van der Waals surface area contributed by atoms with Gasteiger partial charge in [-0.25, -0.2) is 13.6 Å². The zero-order valence-corrected chi connectivity index (χ0v) is 15.8. The van der Waals surface area contributed by atoms with E-state index in [0.29, 0.717) is 0 Å². The van der Waals surface area contributed by atoms with Crippen LogP contribution in [0.25, 0.3) is 10.9 Å². The zero-order valence-electron chi connectivity index (χ0n) is 15.8. The van der Waals surface area contributed by atoms with Gasteiger partial charge < -0.3 is 9.30 Å². The maximum atomic E-state index is 14.6. The Hall–Kier alpha value is -2.68. The molecule has 1 aliphatic rings. The molecule has 2 aromatic rings. The van der Waals surface area contributed by atoms with Crippen LogP contribution in [0.5, 0.6) is 0 Å². The smallest absolute Gasteiger partial charge is 0.343 e. The Morgan fingerprint density at radius 3 is 2.56 bits per heavy atom. The molecule has 1 saturated carbocycles. The summed E-state index contributed by atoms with van der Waals surface area (Å²) in [6.07, 6.45) is 3.04. The fraction of sp³-hybridized carbons (Fsp3) is 0.429. The van der Waals surface area contributed by atoms with Crippen molar-refractivity contribution in [2.24, 2.45) is 5.41 Å². The van der Waals surface area contributed by atoms with Crippen LogP contribution in [0.1, 0.15) is 62.5 Å². The Bertz CT molecular complexity index is 1050. The Balaban J connectivity index is 2.41. The van der Waals surface area contributed by atoms with Crippen LogP contribution in [-0.2, 0) is 4.74 Å². The Morgan fingerprint density at radius 2 is 2.00 bits per heavy atom. The fourth-order valence-electron chi connectivity index (χ4n) is 2.82. The monoisotopic (exact) mass is 373 g/mol. The molecule has 27 heavy (non-hydrogen) atoms. The van der Waals surface area contributed by atoms with E-state index in [1.807, 2.05) is 20.8 Å². The van der Waals surface area contributed by atoms with Crippen LogP contribution < -0.4 is 5.43 Å². The molecular formula is C21H21F2NO3. The quantitative estimate of drug-likeness (QED) is 0.599. The first-order valence-electron chi connectivity index (χ1n) is 8.91. The van der Waals surface area contributed by atoms with Crippen molar-refractivity contribution in [3.8, 4) is 11.8 Å². The lowest BCUT2D eigenvalue weighted by Gasteiger charge is -2.15. The van der Waals surface area contributed by atoms with Gasteiger partial charge in [0.15, 0.2) is 11.6 Å². The van der Waals surface area contributed by atoms with E-state index in [1.165, 1.54) is 6.20 Å². The van der Waals surface area contributed by atoms with Crippen LogP contribution in [-0.4, -0.2) is 17.1 Å². The molecule has 0 bridgehead atoms. The molecule has 0 atom stereocenters. The largest absolute Gasteiger partial charge is 0.462 e. The molecule has 142 valence electrons. The van der Waals surface area contributed by atoms with Crippen LogP contribution in [0.3, 0.4) is 0 Å². The normalized spacial score (nSPS) is 14.0. The van der Waals surface area contributed by atoms with E-state index in [2.05, 4.69) is 11.8 Å². The summed E-state index contributed by atoms with van der Waals surface area (Å²) in [7, 11) is 0. The van der Waals surface area contributed by atoms with Gasteiger partial charge in [0, 0.05) is 17.7 Å². The number of carbonyl (C=O) groups excluding carboxylic acids is 1. The number of halogens is 2. The number of ether oxygens (including phenoxy) is 1. The molecule has 1 aliphatic carbocycles. The molecule has 0 amide bonds. The van der Waals surface area contributed by atoms with Gasteiger partial charge in [-0.05, 0) is 46.6 Å². The molecular weight excluding hydrogens is 352 g/mol. The van der Waals surface area contributed by atoms with Crippen molar-refractivity contribution < 1.29 is 18.3 Å². The van der Waals surface area contributed by atoms with E-state index in [0.717, 1.165) is 18.9 Å². The maximum absolute atomic E-state index is 14.6. The van der Waals surface area contributed by atoms with Crippen molar-refractivity contribution in [1.82, 2.24) is 4.57 Å². The third-order valence-corrected chi connectivity index (χ3v) is 4.21. The van der Waals surface area contributed by atoms with E-state index < -0.39 is 28.4 Å².